The Kier molecular flexibility index (Phi) is 3.61. The number of hydrogen-bond donors (Lipinski definition) is 0. The predicted octanol–water partition coefficient (Wildman–Crippen LogP) is 4.00. The van der Waals surface area contributed by atoms with E-state index in [1.165, 1.54) is 18.2 Å². The monoisotopic (exact) mass is 288 g/mol. The van der Waals surface area contributed by atoms with E-state index in [1.54, 1.807) is 19.1 Å². The van der Waals surface area contributed by atoms with Gasteiger partial charge in [-0.2, -0.15) is 0 Å². The first-order chi connectivity index (χ1) is 8.83. The molecular formula is C12H8ClF3N2O. The number of hydrogen-bond acceptors (Lipinski definition) is 3. The molecule has 19 heavy (non-hydrogen) atoms. The minimum atomic E-state index is -4.72. The highest BCUT2D eigenvalue weighted by molar-refractivity contribution is 6.28. The van der Waals surface area contributed by atoms with Gasteiger partial charge in [-0.1, -0.05) is 12.1 Å². The van der Waals surface area contributed by atoms with Crippen LogP contribution >= 0.6 is 11.6 Å². The number of benzene rings is 1. The van der Waals surface area contributed by atoms with Crippen molar-refractivity contribution < 1.29 is 17.9 Å². The third kappa shape index (κ3) is 3.82. The van der Waals surface area contributed by atoms with Gasteiger partial charge in [0.2, 0.25) is 5.28 Å². The zero-order valence-corrected chi connectivity index (χ0v) is 10.5. The Labute approximate surface area is 112 Å². The average molecular weight is 289 g/mol. The molecule has 1 aromatic carbocycles. The summed E-state index contributed by atoms with van der Waals surface area (Å²) in [5.74, 6) is -0.308. The van der Waals surface area contributed by atoms with E-state index in [4.69, 9.17) is 11.6 Å². The molecule has 0 unspecified atom stereocenters. The molecule has 0 spiro atoms. The van der Waals surface area contributed by atoms with Gasteiger partial charge < -0.3 is 4.74 Å². The largest absolute Gasteiger partial charge is 0.573 e. The molecule has 1 heterocycles. The number of ether oxygens (including phenoxy) is 1. The Morgan fingerprint density at radius 2 is 1.89 bits per heavy atom. The summed E-state index contributed by atoms with van der Waals surface area (Å²) in [6.45, 7) is 1.72. The van der Waals surface area contributed by atoms with Crippen LogP contribution in [-0.2, 0) is 0 Å². The van der Waals surface area contributed by atoms with Crippen LogP contribution in [0.25, 0.3) is 11.3 Å². The Hall–Kier alpha value is -1.82. The van der Waals surface area contributed by atoms with Gasteiger partial charge in [0.15, 0.2) is 0 Å². The van der Waals surface area contributed by atoms with Crippen LogP contribution < -0.4 is 4.74 Å². The molecule has 7 heteroatoms. The molecule has 0 bridgehead atoms. The van der Waals surface area contributed by atoms with Crippen LogP contribution in [0.4, 0.5) is 13.2 Å². The van der Waals surface area contributed by atoms with E-state index in [0.717, 1.165) is 0 Å². The molecule has 2 aromatic rings. The highest BCUT2D eigenvalue weighted by atomic mass is 35.5. The normalized spacial score (nSPS) is 11.4. The molecule has 0 amide bonds. The molecule has 0 saturated heterocycles. The Bertz CT molecular complexity index is 582. The van der Waals surface area contributed by atoms with Crippen LogP contribution in [0.1, 0.15) is 5.69 Å². The van der Waals surface area contributed by atoms with Crippen LogP contribution in [0.2, 0.25) is 5.28 Å². The maximum absolute atomic E-state index is 12.1. The van der Waals surface area contributed by atoms with Crippen LogP contribution in [-0.4, -0.2) is 16.3 Å². The smallest absolute Gasteiger partial charge is 0.406 e. The molecule has 2 rings (SSSR count). The second kappa shape index (κ2) is 5.05. The summed E-state index contributed by atoms with van der Waals surface area (Å²) in [6.07, 6.45) is -4.72. The molecule has 0 fully saturated rings. The van der Waals surface area contributed by atoms with E-state index in [2.05, 4.69) is 14.7 Å². The number of halogens is 4. The molecule has 0 aliphatic carbocycles. The van der Waals surface area contributed by atoms with E-state index in [9.17, 15) is 13.2 Å². The molecule has 0 aliphatic rings. The summed E-state index contributed by atoms with van der Waals surface area (Å²) in [6, 6.07) is 7.14. The van der Waals surface area contributed by atoms with Gasteiger partial charge in [-0.15, -0.1) is 13.2 Å². The van der Waals surface area contributed by atoms with Gasteiger partial charge in [0.05, 0.1) is 5.69 Å². The van der Waals surface area contributed by atoms with Crippen molar-refractivity contribution in [2.75, 3.05) is 0 Å². The van der Waals surface area contributed by atoms with Crippen molar-refractivity contribution in [2.45, 2.75) is 13.3 Å². The predicted molar refractivity (Wildman–Crippen MR) is 63.9 cm³/mol. The minimum Gasteiger partial charge on any atom is -0.406 e. The van der Waals surface area contributed by atoms with Crippen molar-refractivity contribution >= 4 is 11.6 Å². The summed E-state index contributed by atoms with van der Waals surface area (Å²) in [5, 5.41) is 0.0390. The van der Waals surface area contributed by atoms with Crippen LogP contribution in [0.3, 0.4) is 0 Å². The van der Waals surface area contributed by atoms with E-state index in [1.807, 2.05) is 0 Å². The molecule has 0 aliphatic heterocycles. The third-order valence-corrected chi connectivity index (χ3v) is 2.36. The summed E-state index contributed by atoms with van der Waals surface area (Å²) in [7, 11) is 0. The maximum atomic E-state index is 12.1. The van der Waals surface area contributed by atoms with E-state index in [0.29, 0.717) is 17.0 Å². The van der Waals surface area contributed by atoms with Crippen molar-refractivity contribution in [3.05, 3.63) is 41.3 Å². The fourth-order valence-electron chi connectivity index (χ4n) is 1.53. The van der Waals surface area contributed by atoms with E-state index >= 15 is 0 Å². The number of nitrogens with zero attached hydrogens (tertiary/aromatic N) is 2. The SMILES string of the molecule is Cc1cc(-c2cccc(OC(F)(F)F)c2)nc(Cl)n1. The van der Waals surface area contributed by atoms with Crippen LogP contribution in [0.15, 0.2) is 30.3 Å². The molecule has 3 nitrogen and oxygen atoms in total. The van der Waals surface area contributed by atoms with Gasteiger partial charge in [0, 0.05) is 11.3 Å². The second-order valence-electron chi connectivity index (χ2n) is 3.74. The molecule has 100 valence electrons. The van der Waals surface area contributed by atoms with Crippen molar-refractivity contribution in [1.29, 1.82) is 0 Å². The molecule has 1 aromatic heterocycles. The van der Waals surface area contributed by atoms with Gasteiger partial charge in [-0.25, -0.2) is 9.97 Å². The first kappa shape index (κ1) is 13.6. The lowest BCUT2D eigenvalue weighted by Crippen LogP contribution is -2.17. The summed E-state index contributed by atoms with van der Waals surface area (Å²) < 4.78 is 40.3. The lowest BCUT2D eigenvalue weighted by molar-refractivity contribution is -0.274. The second-order valence-corrected chi connectivity index (χ2v) is 4.08. The summed E-state index contributed by atoms with van der Waals surface area (Å²) in [4.78, 5) is 7.84. The molecule has 0 N–H and O–H groups in total. The lowest BCUT2D eigenvalue weighted by Gasteiger charge is -2.10. The van der Waals surface area contributed by atoms with Crippen molar-refractivity contribution in [3.8, 4) is 17.0 Å². The number of rotatable bonds is 2. The summed E-state index contributed by atoms with van der Waals surface area (Å²) in [5.41, 5.74) is 1.52. The summed E-state index contributed by atoms with van der Waals surface area (Å²) >= 11 is 5.71. The van der Waals surface area contributed by atoms with Crippen molar-refractivity contribution in [3.63, 3.8) is 0 Å². The molecule has 0 radical (unpaired) electrons. The topological polar surface area (TPSA) is 35.0 Å². The highest BCUT2D eigenvalue weighted by Crippen LogP contribution is 2.27. The Morgan fingerprint density at radius 1 is 1.16 bits per heavy atom. The maximum Gasteiger partial charge on any atom is 0.573 e. The molecule has 0 atom stereocenters. The standard InChI is InChI=1S/C12H8ClF3N2O/c1-7-5-10(18-11(13)17-7)8-3-2-4-9(6-8)19-12(14,15)16/h2-6H,1H3. The fourth-order valence-corrected chi connectivity index (χ4v) is 1.76. The van der Waals surface area contributed by atoms with Gasteiger partial charge in [-0.3, -0.25) is 0 Å². The third-order valence-electron chi connectivity index (χ3n) is 2.19. The highest BCUT2D eigenvalue weighted by Gasteiger charge is 2.31. The van der Waals surface area contributed by atoms with E-state index < -0.39 is 6.36 Å². The van der Waals surface area contributed by atoms with Crippen LogP contribution in [0.5, 0.6) is 5.75 Å². The lowest BCUT2D eigenvalue weighted by atomic mass is 10.1. The van der Waals surface area contributed by atoms with Crippen LogP contribution in [0, 0.1) is 6.92 Å². The number of alkyl halides is 3. The molecule has 0 saturated carbocycles. The van der Waals surface area contributed by atoms with E-state index in [-0.39, 0.29) is 11.0 Å². The van der Waals surface area contributed by atoms with Gasteiger partial charge in [-0.05, 0) is 36.7 Å². The van der Waals surface area contributed by atoms with Gasteiger partial charge in [0.25, 0.3) is 0 Å². The number of aromatic nitrogens is 2. The first-order valence-corrected chi connectivity index (χ1v) is 5.59. The van der Waals surface area contributed by atoms with Gasteiger partial charge in [0.1, 0.15) is 5.75 Å². The minimum absolute atomic E-state index is 0.0390. The zero-order chi connectivity index (χ0) is 14.0. The average Bonchev–Trinajstić information content (AvgIpc) is 2.25. The van der Waals surface area contributed by atoms with Crippen molar-refractivity contribution in [2.24, 2.45) is 0 Å². The first-order valence-electron chi connectivity index (χ1n) is 5.21. The van der Waals surface area contributed by atoms with Crippen molar-refractivity contribution in [1.82, 2.24) is 9.97 Å². The molecular weight excluding hydrogens is 281 g/mol. The Balaban J connectivity index is 2.37. The zero-order valence-electron chi connectivity index (χ0n) is 9.70. The Morgan fingerprint density at radius 3 is 2.53 bits per heavy atom. The van der Waals surface area contributed by atoms with Gasteiger partial charge >= 0.3 is 6.36 Å². The number of aryl methyl sites for hydroxylation is 1. The quantitative estimate of drug-likeness (QED) is 0.783. The fraction of sp³-hybridized carbons (Fsp3) is 0.167.